The first-order valence-electron chi connectivity index (χ1n) is 6.10. The van der Waals surface area contributed by atoms with Crippen molar-refractivity contribution in [3.8, 4) is 0 Å². The molecule has 1 heterocycles. The Bertz CT molecular complexity index is 494. The Labute approximate surface area is 105 Å². The second-order valence-electron chi connectivity index (χ2n) is 4.62. The van der Waals surface area contributed by atoms with Crippen LogP contribution in [0, 0.1) is 0 Å². The van der Waals surface area contributed by atoms with Crippen LogP contribution in [-0.2, 0) is 4.74 Å². The van der Waals surface area contributed by atoms with E-state index < -0.39 is 11.5 Å². The van der Waals surface area contributed by atoms with E-state index in [9.17, 15) is 9.59 Å². The number of pyridine rings is 1. The highest BCUT2D eigenvalue weighted by Crippen LogP contribution is 2.28. The first-order chi connectivity index (χ1) is 8.63. The van der Waals surface area contributed by atoms with Crippen molar-refractivity contribution in [2.75, 3.05) is 7.11 Å². The van der Waals surface area contributed by atoms with Crippen LogP contribution in [0.25, 0.3) is 0 Å². The quantitative estimate of drug-likeness (QED) is 0.887. The highest BCUT2D eigenvalue weighted by Gasteiger charge is 2.24. The lowest BCUT2D eigenvalue weighted by Gasteiger charge is -2.29. The van der Waals surface area contributed by atoms with E-state index >= 15 is 0 Å². The van der Waals surface area contributed by atoms with Crippen molar-refractivity contribution in [1.82, 2.24) is 4.57 Å². The fourth-order valence-corrected chi connectivity index (χ4v) is 2.55. The third kappa shape index (κ3) is 2.46. The van der Waals surface area contributed by atoms with Crippen LogP contribution >= 0.6 is 0 Å². The van der Waals surface area contributed by atoms with Gasteiger partial charge in [0, 0.05) is 19.3 Å². The van der Waals surface area contributed by atoms with Crippen LogP contribution < -0.4 is 5.56 Å². The fraction of sp³-hybridized carbons (Fsp3) is 0.538. The Morgan fingerprint density at radius 3 is 2.94 bits per heavy atom. The molecule has 0 unspecified atom stereocenters. The summed E-state index contributed by atoms with van der Waals surface area (Å²) in [7, 11) is 1.67. The molecule has 1 fully saturated rings. The molecule has 1 aliphatic rings. The van der Waals surface area contributed by atoms with Crippen LogP contribution in [0.15, 0.2) is 23.1 Å². The van der Waals surface area contributed by atoms with Gasteiger partial charge in [-0.3, -0.25) is 4.79 Å². The second-order valence-corrected chi connectivity index (χ2v) is 4.62. The van der Waals surface area contributed by atoms with Gasteiger partial charge < -0.3 is 14.4 Å². The molecular weight excluding hydrogens is 234 g/mol. The Hall–Kier alpha value is -1.62. The van der Waals surface area contributed by atoms with Gasteiger partial charge in [-0.25, -0.2) is 4.79 Å². The van der Waals surface area contributed by atoms with Crippen molar-refractivity contribution < 1.29 is 14.6 Å². The van der Waals surface area contributed by atoms with Gasteiger partial charge in [0.2, 0.25) is 0 Å². The molecule has 1 N–H and O–H groups in total. The van der Waals surface area contributed by atoms with Gasteiger partial charge in [-0.15, -0.1) is 0 Å². The maximum atomic E-state index is 12.0. The maximum Gasteiger partial charge on any atom is 0.341 e. The van der Waals surface area contributed by atoms with Gasteiger partial charge in [0.05, 0.1) is 6.10 Å². The molecule has 0 spiro atoms. The van der Waals surface area contributed by atoms with Crippen LogP contribution in [0.5, 0.6) is 0 Å². The molecule has 1 saturated carbocycles. The summed E-state index contributed by atoms with van der Waals surface area (Å²) in [6, 6.07) is 2.99. The summed E-state index contributed by atoms with van der Waals surface area (Å²) in [4.78, 5) is 23.0. The molecule has 2 rings (SSSR count). The lowest BCUT2D eigenvalue weighted by Crippen LogP contribution is -2.33. The third-order valence-corrected chi connectivity index (χ3v) is 3.53. The van der Waals surface area contributed by atoms with E-state index in [1.54, 1.807) is 19.4 Å². The Morgan fingerprint density at radius 1 is 1.50 bits per heavy atom. The van der Waals surface area contributed by atoms with Crippen LogP contribution in [0.4, 0.5) is 0 Å². The molecule has 2 atom stereocenters. The van der Waals surface area contributed by atoms with E-state index in [0.717, 1.165) is 25.7 Å². The summed E-state index contributed by atoms with van der Waals surface area (Å²) in [5, 5.41) is 8.95. The minimum absolute atomic E-state index is 0.0375. The molecule has 1 aliphatic carbocycles. The first-order valence-corrected chi connectivity index (χ1v) is 6.10. The van der Waals surface area contributed by atoms with Gasteiger partial charge in [0.25, 0.3) is 5.56 Å². The highest BCUT2D eigenvalue weighted by molar-refractivity contribution is 5.86. The van der Waals surface area contributed by atoms with Gasteiger partial charge in [-0.2, -0.15) is 0 Å². The molecule has 0 bridgehead atoms. The number of carboxylic acids is 1. The van der Waals surface area contributed by atoms with Crippen LogP contribution in [0.3, 0.4) is 0 Å². The number of hydrogen-bond donors (Lipinski definition) is 1. The molecule has 0 aliphatic heterocycles. The lowest BCUT2D eigenvalue weighted by molar-refractivity contribution is 0.0522. The number of rotatable bonds is 3. The van der Waals surface area contributed by atoms with Crippen molar-refractivity contribution in [2.24, 2.45) is 0 Å². The molecule has 18 heavy (non-hydrogen) atoms. The standard InChI is InChI=1S/C13H17NO4/c1-18-10-5-2-4-9(8-10)14-7-3-6-11(12(14)15)13(16)17/h3,6-7,9-10H,2,4-5,8H2,1H3,(H,16,17)/t9-,10-/m0/s1. The normalized spacial score (nSPS) is 23.8. The lowest BCUT2D eigenvalue weighted by atomic mass is 9.92. The van der Waals surface area contributed by atoms with E-state index in [2.05, 4.69) is 0 Å². The molecule has 5 heteroatoms. The maximum absolute atomic E-state index is 12.0. The number of carbonyl (C=O) groups is 1. The summed E-state index contributed by atoms with van der Waals surface area (Å²) >= 11 is 0. The number of carboxylic acid groups (broad SMARTS) is 1. The predicted molar refractivity (Wildman–Crippen MR) is 66.0 cm³/mol. The van der Waals surface area contributed by atoms with Gasteiger partial charge in [-0.05, 0) is 37.8 Å². The summed E-state index contributed by atoms with van der Waals surface area (Å²) in [6.07, 6.45) is 5.47. The summed E-state index contributed by atoms with van der Waals surface area (Å²) < 4.78 is 6.87. The van der Waals surface area contributed by atoms with E-state index in [-0.39, 0.29) is 17.7 Å². The zero-order valence-corrected chi connectivity index (χ0v) is 10.3. The molecule has 0 aromatic carbocycles. The SMILES string of the molecule is CO[C@H]1CCC[C@H](n2cccc(C(=O)O)c2=O)C1. The third-order valence-electron chi connectivity index (χ3n) is 3.53. The molecule has 0 radical (unpaired) electrons. The first kappa shape index (κ1) is 12.8. The van der Waals surface area contributed by atoms with Crippen LogP contribution in [-0.4, -0.2) is 28.9 Å². The van der Waals surface area contributed by atoms with Crippen molar-refractivity contribution in [3.63, 3.8) is 0 Å². The summed E-state index contributed by atoms with van der Waals surface area (Å²) in [5.74, 6) is -1.17. The number of aromatic carboxylic acids is 1. The summed E-state index contributed by atoms with van der Waals surface area (Å²) in [5.41, 5.74) is -0.594. The van der Waals surface area contributed by atoms with Crippen molar-refractivity contribution in [2.45, 2.75) is 37.8 Å². The largest absolute Gasteiger partial charge is 0.477 e. The molecule has 0 saturated heterocycles. The predicted octanol–water partition coefficient (Wildman–Crippen LogP) is 1.68. The number of methoxy groups -OCH3 is 1. The molecule has 1 aromatic heterocycles. The van der Waals surface area contributed by atoms with E-state index in [1.807, 2.05) is 0 Å². The fourth-order valence-electron chi connectivity index (χ4n) is 2.55. The minimum atomic E-state index is -1.17. The van der Waals surface area contributed by atoms with Gasteiger partial charge in [0.15, 0.2) is 0 Å². The minimum Gasteiger partial charge on any atom is -0.477 e. The van der Waals surface area contributed by atoms with Gasteiger partial charge >= 0.3 is 5.97 Å². The number of ether oxygens (including phenoxy) is 1. The van der Waals surface area contributed by atoms with E-state index in [1.165, 1.54) is 10.6 Å². The molecular formula is C13H17NO4. The molecule has 0 amide bonds. The van der Waals surface area contributed by atoms with Crippen LogP contribution in [0.1, 0.15) is 42.1 Å². The zero-order valence-electron chi connectivity index (χ0n) is 10.3. The van der Waals surface area contributed by atoms with Crippen molar-refractivity contribution in [1.29, 1.82) is 0 Å². The number of hydrogen-bond acceptors (Lipinski definition) is 3. The molecule has 98 valence electrons. The molecule has 5 nitrogen and oxygen atoms in total. The highest BCUT2D eigenvalue weighted by atomic mass is 16.5. The Balaban J connectivity index is 2.31. The van der Waals surface area contributed by atoms with E-state index in [0.29, 0.717) is 0 Å². The number of aromatic nitrogens is 1. The number of nitrogens with zero attached hydrogens (tertiary/aromatic N) is 1. The van der Waals surface area contributed by atoms with Gasteiger partial charge in [0.1, 0.15) is 5.56 Å². The zero-order chi connectivity index (χ0) is 13.1. The van der Waals surface area contributed by atoms with E-state index in [4.69, 9.17) is 9.84 Å². The average Bonchev–Trinajstić information content (AvgIpc) is 2.38. The topological polar surface area (TPSA) is 68.5 Å². The second kappa shape index (κ2) is 5.35. The summed E-state index contributed by atoms with van der Waals surface area (Å²) in [6.45, 7) is 0. The Morgan fingerprint density at radius 2 is 2.28 bits per heavy atom. The van der Waals surface area contributed by atoms with Crippen LogP contribution in [0.2, 0.25) is 0 Å². The average molecular weight is 251 g/mol. The van der Waals surface area contributed by atoms with Crippen molar-refractivity contribution >= 4 is 5.97 Å². The molecule has 1 aromatic rings. The smallest absolute Gasteiger partial charge is 0.341 e. The Kier molecular flexibility index (Phi) is 3.81. The monoisotopic (exact) mass is 251 g/mol. The van der Waals surface area contributed by atoms with Crippen molar-refractivity contribution in [3.05, 3.63) is 34.2 Å². The van der Waals surface area contributed by atoms with Gasteiger partial charge in [-0.1, -0.05) is 0 Å².